The zero-order chi connectivity index (χ0) is 20.5. The van der Waals surface area contributed by atoms with E-state index in [1.54, 1.807) is 36.2 Å². The lowest BCUT2D eigenvalue weighted by Gasteiger charge is -2.32. The van der Waals surface area contributed by atoms with Crippen LogP contribution in [-0.4, -0.2) is 28.7 Å². The van der Waals surface area contributed by atoms with Crippen LogP contribution in [0.25, 0.3) is 6.08 Å². The van der Waals surface area contributed by atoms with E-state index in [4.69, 9.17) is 4.74 Å². The molecule has 0 unspecified atom stereocenters. The van der Waals surface area contributed by atoms with Crippen molar-refractivity contribution >= 4 is 35.2 Å². The maximum Gasteiger partial charge on any atom is 0.265 e. The first-order valence-corrected chi connectivity index (χ1v) is 9.40. The minimum absolute atomic E-state index is 0.109. The quantitative estimate of drug-likeness (QED) is 0.840. The first-order valence-electron chi connectivity index (χ1n) is 9.40. The molecule has 0 aliphatic carbocycles. The second-order valence-electron chi connectivity index (χ2n) is 7.10. The predicted octanol–water partition coefficient (Wildman–Crippen LogP) is 3.31. The van der Waals surface area contributed by atoms with Crippen LogP contribution in [0.4, 0.5) is 11.4 Å². The molecule has 0 fully saturated rings. The van der Waals surface area contributed by atoms with Crippen LogP contribution >= 0.6 is 0 Å². The van der Waals surface area contributed by atoms with Gasteiger partial charge < -0.3 is 20.3 Å². The number of ether oxygens (including phenoxy) is 1. The van der Waals surface area contributed by atoms with E-state index in [1.807, 2.05) is 30.3 Å². The highest BCUT2D eigenvalue weighted by Gasteiger charge is 2.28. The number of nitrogens with one attached hydrogen (secondary N) is 2. The third-order valence-electron chi connectivity index (χ3n) is 5.04. The van der Waals surface area contributed by atoms with Crippen LogP contribution in [0.3, 0.4) is 0 Å². The standard InChI is InChI=1S/C22H21N3O4/c1-13-22(28)24-18-11-16(7-8-20(18)29-13)23-21(27)12-19-17-6-4-3-5-15(17)9-10-25(19)14(2)26/h3-11,13,19H,12H2,1-2H3,(H,23,27)(H,24,28)/t13-,19-/m0/s1. The van der Waals surface area contributed by atoms with Crippen LogP contribution in [-0.2, 0) is 14.4 Å². The molecule has 2 N–H and O–H groups in total. The van der Waals surface area contributed by atoms with Crippen LogP contribution in [0.1, 0.15) is 37.4 Å². The van der Waals surface area contributed by atoms with E-state index in [0.29, 0.717) is 17.1 Å². The summed E-state index contributed by atoms with van der Waals surface area (Å²) in [6, 6.07) is 12.4. The second-order valence-corrected chi connectivity index (χ2v) is 7.10. The van der Waals surface area contributed by atoms with Gasteiger partial charge in [0.25, 0.3) is 5.91 Å². The Morgan fingerprint density at radius 2 is 2.00 bits per heavy atom. The van der Waals surface area contributed by atoms with E-state index in [2.05, 4.69) is 10.6 Å². The van der Waals surface area contributed by atoms with Gasteiger partial charge in [-0.25, -0.2) is 0 Å². The average molecular weight is 391 g/mol. The van der Waals surface area contributed by atoms with Crippen LogP contribution in [0, 0.1) is 0 Å². The second kappa shape index (κ2) is 7.43. The predicted molar refractivity (Wildman–Crippen MR) is 109 cm³/mol. The first-order chi connectivity index (χ1) is 13.9. The number of carbonyl (C=O) groups excluding carboxylic acids is 3. The Hall–Kier alpha value is -3.61. The summed E-state index contributed by atoms with van der Waals surface area (Å²) in [5, 5.41) is 5.61. The summed E-state index contributed by atoms with van der Waals surface area (Å²) >= 11 is 0. The van der Waals surface area contributed by atoms with Gasteiger partial charge in [0, 0.05) is 18.8 Å². The fourth-order valence-electron chi connectivity index (χ4n) is 3.59. The van der Waals surface area contributed by atoms with Gasteiger partial charge in [-0.05, 0) is 42.3 Å². The highest BCUT2D eigenvalue weighted by molar-refractivity contribution is 5.99. The maximum absolute atomic E-state index is 12.8. The Morgan fingerprint density at radius 1 is 1.21 bits per heavy atom. The summed E-state index contributed by atoms with van der Waals surface area (Å²) in [5.74, 6) is -0.0353. The normalized spacial score (nSPS) is 19.5. The van der Waals surface area contributed by atoms with Crippen molar-refractivity contribution < 1.29 is 19.1 Å². The minimum Gasteiger partial charge on any atom is -0.479 e. The molecule has 2 aromatic carbocycles. The third-order valence-corrected chi connectivity index (χ3v) is 5.04. The summed E-state index contributed by atoms with van der Waals surface area (Å²) < 4.78 is 5.53. The molecule has 2 atom stereocenters. The zero-order valence-corrected chi connectivity index (χ0v) is 16.1. The maximum atomic E-state index is 12.8. The largest absolute Gasteiger partial charge is 0.479 e. The van der Waals surface area contributed by atoms with Gasteiger partial charge in [-0.15, -0.1) is 0 Å². The molecule has 7 nitrogen and oxygen atoms in total. The number of fused-ring (bicyclic) bond motifs is 2. The van der Waals surface area contributed by atoms with Crippen LogP contribution < -0.4 is 15.4 Å². The van der Waals surface area contributed by atoms with Crippen molar-refractivity contribution in [3.63, 3.8) is 0 Å². The lowest BCUT2D eigenvalue weighted by atomic mass is 9.93. The van der Waals surface area contributed by atoms with Crippen LogP contribution in [0.15, 0.2) is 48.7 Å². The molecule has 0 aromatic heterocycles. The monoisotopic (exact) mass is 391 g/mol. The molecule has 2 aromatic rings. The van der Waals surface area contributed by atoms with E-state index < -0.39 is 6.10 Å². The molecule has 2 aliphatic heterocycles. The lowest BCUT2D eigenvalue weighted by molar-refractivity contribution is -0.129. The highest BCUT2D eigenvalue weighted by atomic mass is 16.5. The molecule has 3 amide bonds. The van der Waals surface area contributed by atoms with E-state index in [0.717, 1.165) is 11.1 Å². The van der Waals surface area contributed by atoms with Crippen molar-refractivity contribution in [1.82, 2.24) is 4.90 Å². The molecular formula is C22H21N3O4. The van der Waals surface area contributed by atoms with Crippen LogP contribution in [0.5, 0.6) is 5.75 Å². The van der Waals surface area contributed by atoms with Gasteiger partial charge >= 0.3 is 0 Å². The molecule has 2 heterocycles. The van der Waals surface area contributed by atoms with E-state index in [-0.39, 0.29) is 30.2 Å². The number of anilines is 2. The van der Waals surface area contributed by atoms with E-state index >= 15 is 0 Å². The third kappa shape index (κ3) is 3.71. The average Bonchev–Trinajstić information content (AvgIpc) is 2.69. The Morgan fingerprint density at radius 3 is 2.79 bits per heavy atom. The number of hydrogen-bond donors (Lipinski definition) is 2. The van der Waals surface area contributed by atoms with Gasteiger partial charge in [0.05, 0.1) is 18.2 Å². The van der Waals surface area contributed by atoms with Crippen molar-refractivity contribution in [1.29, 1.82) is 0 Å². The fourth-order valence-corrected chi connectivity index (χ4v) is 3.59. The molecular weight excluding hydrogens is 370 g/mol. The number of carbonyl (C=O) groups is 3. The molecule has 4 rings (SSSR count). The Bertz CT molecular complexity index is 1030. The van der Waals surface area contributed by atoms with Crippen molar-refractivity contribution in [2.75, 3.05) is 10.6 Å². The first kappa shape index (κ1) is 18.7. The summed E-state index contributed by atoms with van der Waals surface area (Å²) in [6.45, 7) is 3.15. The Labute approximate surface area is 168 Å². The molecule has 0 radical (unpaired) electrons. The van der Waals surface area contributed by atoms with Crippen molar-refractivity contribution in [3.05, 3.63) is 59.8 Å². The van der Waals surface area contributed by atoms with Gasteiger partial charge in [0.15, 0.2) is 6.10 Å². The number of rotatable bonds is 3. The van der Waals surface area contributed by atoms with E-state index in [1.165, 1.54) is 6.92 Å². The van der Waals surface area contributed by atoms with Gasteiger partial charge in [-0.3, -0.25) is 14.4 Å². The van der Waals surface area contributed by atoms with Crippen molar-refractivity contribution in [2.45, 2.75) is 32.4 Å². The number of amides is 3. The number of benzene rings is 2. The van der Waals surface area contributed by atoms with Gasteiger partial charge in [-0.2, -0.15) is 0 Å². The topological polar surface area (TPSA) is 87.7 Å². The molecule has 0 spiro atoms. The van der Waals surface area contributed by atoms with Gasteiger partial charge in [0.1, 0.15) is 5.75 Å². The van der Waals surface area contributed by atoms with E-state index in [9.17, 15) is 14.4 Å². The SMILES string of the molecule is CC(=O)N1C=Cc2ccccc2[C@@H]1CC(=O)Nc1ccc2c(c1)NC(=O)[C@H](C)O2. The molecule has 0 saturated heterocycles. The summed E-state index contributed by atoms with van der Waals surface area (Å²) in [5.41, 5.74) is 2.98. The smallest absolute Gasteiger partial charge is 0.265 e. The van der Waals surface area contributed by atoms with Gasteiger partial charge in [-0.1, -0.05) is 24.3 Å². The molecule has 29 heavy (non-hydrogen) atoms. The minimum atomic E-state index is -0.556. The highest BCUT2D eigenvalue weighted by Crippen LogP contribution is 2.34. The Kier molecular flexibility index (Phi) is 4.80. The van der Waals surface area contributed by atoms with Crippen molar-refractivity contribution in [2.24, 2.45) is 0 Å². The lowest BCUT2D eigenvalue weighted by Crippen LogP contribution is -2.34. The number of nitrogens with zero attached hydrogens (tertiary/aromatic N) is 1. The molecule has 148 valence electrons. The molecule has 0 bridgehead atoms. The summed E-state index contributed by atoms with van der Waals surface area (Å²) in [4.78, 5) is 38.2. The number of hydrogen-bond acceptors (Lipinski definition) is 4. The van der Waals surface area contributed by atoms with Crippen molar-refractivity contribution in [3.8, 4) is 5.75 Å². The molecule has 7 heteroatoms. The zero-order valence-electron chi connectivity index (χ0n) is 16.1. The summed E-state index contributed by atoms with van der Waals surface area (Å²) in [6.07, 6.45) is 3.14. The fraction of sp³-hybridized carbons (Fsp3) is 0.227. The Balaban J connectivity index is 1.52. The summed E-state index contributed by atoms with van der Waals surface area (Å²) in [7, 11) is 0. The van der Waals surface area contributed by atoms with Gasteiger partial charge in [0.2, 0.25) is 11.8 Å². The molecule has 2 aliphatic rings. The molecule has 0 saturated carbocycles. The van der Waals surface area contributed by atoms with Crippen LogP contribution in [0.2, 0.25) is 0 Å².